The van der Waals surface area contributed by atoms with Crippen LogP contribution in [-0.4, -0.2) is 73.5 Å². The summed E-state index contributed by atoms with van der Waals surface area (Å²) in [6, 6.07) is 9.63. The first-order valence-corrected chi connectivity index (χ1v) is 12.5. The molecule has 2 aliphatic rings. The van der Waals surface area contributed by atoms with E-state index in [9.17, 15) is 19.2 Å². The Hall–Kier alpha value is -3.10. The van der Waals surface area contributed by atoms with Gasteiger partial charge in [-0.25, -0.2) is 4.79 Å². The van der Waals surface area contributed by atoms with Gasteiger partial charge in [-0.05, 0) is 49.5 Å². The van der Waals surface area contributed by atoms with Gasteiger partial charge in [0.1, 0.15) is 13.2 Å². The number of piperidine rings is 2. The molecular formula is C26H37N3O6. The maximum atomic E-state index is 12.8. The minimum atomic E-state index is -0.478. The van der Waals surface area contributed by atoms with Crippen LogP contribution >= 0.6 is 0 Å². The third kappa shape index (κ3) is 8.88. The number of methoxy groups -OCH3 is 1. The fourth-order valence-corrected chi connectivity index (χ4v) is 4.74. The van der Waals surface area contributed by atoms with Crippen molar-refractivity contribution in [3.63, 3.8) is 0 Å². The minimum absolute atomic E-state index is 0.107. The predicted octanol–water partition coefficient (Wildman–Crippen LogP) is 2.73. The Labute approximate surface area is 207 Å². The van der Waals surface area contributed by atoms with Crippen LogP contribution in [0.5, 0.6) is 0 Å². The van der Waals surface area contributed by atoms with Crippen LogP contribution in [0.25, 0.3) is 0 Å². The van der Waals surface area contributed by atoms with E-state index in [0.29, 0.717) is 38.4 Å². The number of nitrogens with zero attached hydrogens (tertiary/aromatic N) is 2. The van der Waals surface area contributed by atoms with Gasteiger partial charge in [0.25, 0.3) is 0 Å². The van der Waals surface area contributed by atoms with Crippen molar-refractivity contribution in [1.29, 1.82) is 0 Å². The molecule has 2 heterocycles. The van der Waals surface area contributed by atoms with E-state index in [1.54, 1.807) is 4.90 Å². The highest BCUT2D eigenvalue weighted by molar-refractivity contribution is 5.82. The van der Waals surface area contributed by atoms with E-state index in [4.69, 9.17) is 4.74 Å². The monoisotopic (exact) mass is 487 g/mol. The maximum absolute atomic E-state index is 12.8. The van der Waals surface area contributed by atoms with Crippen LogP contribution in [0.1, 0.15) is 50.5 Å². The highest BCUT2D eigenvalue weighted by atomic mass is 16.6. The number of carbonyl (C=O) groups excluding carboxylic acids is 4. The molecule has 35 heavy (non-hydrogen) atoms. The Balaban J connectivity index is 1.32. The number of esters is 1. The number of nitrogens with one attached hydrogen (secondary N) is 1. The van der Waals surface area contributed by atoms with E-state index < -0.39 is 5.97 Å². The van der Waals surface area contributed by atoms with E-state index in [2.05, 4.69) is 10.1 Å². The summed E-state index contributed by atoms with van der Waals surface area (Å²) < 4.78 is 9.95. The van der Waals surface area contributed by atoms with Crippen molar-refractivity contribution >= 4 is 23.9 Å². The fraction of sp³-hybridized carbons (Fsp3) is 0.615. The molecule has 3 rings (SSSR count). The van der Waals surface area contributed by atoms with Crippen LogP contribution in [0.4, 0.5) is 4.79 Å². The lowest BCUT2D eigenvalue weighted by Crippen LogP contribution is -2.42. The Kier molecular flexibility index (Phi) is 10.4. The van der Waals surface area contributed by atoms with Gasteiger partial charge < -0.3 is 24.6 Å². The first-order chi connectivity index (χ1) is 16.9. The Bertz CT molecular complexity index is 854. The summed E-state index contributed by atoms with van der Waals surface area (Å²) in [5, 5.41) is 2.57. The molecule has 0 spiro atoms. The van der Waals surface area contributed by atoms with Crippen molar-refractivity contribution in [2.45, 2.75) is 51.6 Å². The minimum Gasteiger partial charge on any atom is -0.468 e. The van der Waals surface area contributed by atoms with Crippen LogP contribution in [0.2, 0.25) is 0 Å². The van der Waals surface area contributed by atoms with Crippen molar-refractivity contribution in [3.05, 3.63) is 35.9 Å². The number of ether oxygens (including phenoxy) is 2. The molecule has 1 aromatic rings. The first-order valence-electron chi connectivity index (χ1n) is 12.5. The molecule has 1 atom stereocenters. The molecule has 0 aliphatic carbocycles. The molecule has 1 N–H and O–H groups in total. The summed E-state index contributed by atoms with van der Waals surface area (Å²) in [6.45, 7) is 2.75. The molecule has 2 saturated heterocycles. The number of benzene rings is 1. The molecule has 0 bridgehead atoms. The number of rotatable bonds is 9. The third-order valence-corrected chi connectivity index (χ3v) is 6.85. The zero-order valence-corrected chi connectivity index (χ0v) is 20.6. The number of hydrogen-bond donors (Lipinski definition) is 1. The fourth-order valence-electron chi connectivity index (χ4n) is 4.74. The summed E-state index contributed by atoms with van der Waals surface area (Å²) in [4.78, 5) is 52.0. The average molecular weight is 488 g/mol. The third-order valence-electron chi connectivity index (χ3n) is 6.85. The van der Waals surface area contributed by atoms with Gasteiger partial charge in [0.15, 0.2) is 0 Å². The van der Waals surface area contributed by atoms with Crippen LogP contribution < -0.4 is 5.32 Å². The van der Waals surface area contributed by atoms with E-state index in [1.807, 2.05) is 35.2 Å². The molecule has 192 valence electrons. The maximum Gasteiger partial charge on any atom is 0.410 e. The van der Waals surface area contributed by atoms with E-state index >= 15 is 0 Å². The van der Waals surface area contributed by atoms with E-state index in [1.165, 1.54) is 7.11 Å². The molecule has 1 unspecified atom stereocenters. The highest BCUT2D eigenvalue weighted by Gasteiger charge is 2.28. The molecule has 9 nitrogen and oxygen atoms in total. The highest BCUT2D eigenvalue weighted by Crippen LogP contribution is 2.25. The Morgan fingerprint density at radius 1 is 0.971 bits per heavy atom. The normalized spacial score (nSPS) is 18.6. The molecule has 1 aromatic carbocycles. The summed E-state index contributed by atoms with van der Waals surface area (Å²) in [6.07, 6.45) is 4.85. The predicted molar refractivity (Wildman–Crippen MR) is 129 cm³/mol. The van der Waals surface area contributed by atoms with Gasteiger partial charge >= 0.3 is 12.1 Å². The summed E-state index contributed by atoms with van der Waals surface area (Å²) in [7, 11) is 1.28. The quantitative estimate of drug-likeness (QED) is 0.537. The molecule has 0 aromatic heterocycles. The van der Waals surface area contributed by atoms with Gasteiger partial charge in [-0.3, -0.25) is 14.4 Å². The van der Waals surface area contributed by atoms with Crippen LogP contribution in [-0.2, 0) is 30.5 Å². The number of carbonyl (C=O) groups is 4. The number of hydrogen-bond acceptors (Lipinski definition) is 6. The van der Waals surface area contributed by atoms with Crippen LogP contribution in [0, 0.1) is 11.8 Å². The van der Waals surface area contributed by atoms with Gasteiger partial charge in [-0.15, -0.1) is 0 Å². The number of likely N-dealkylation sites (tertiary alicyclic amines) is 2. The van der Waals surface area contributed by atoms with E-state index in [0.717, 1.165) is 44.2 Å². The van der Waals surface area contributed by atoms with E-state index in [-0.39, 0.29) is 37.0 Å². The number of amides is 3. The lowest BCUT2D eigenvalue weighted by molar-refractivity contribution is -0.141. The van der Waals surface area contributed by atoms with Gasteiger partial charge in [0.05, 0.1) is 7.11 Å². The second-order valence-electron chi connectivity index (χ2n) is 9.41. The molecule has 3 amide bonds. The Morgan fingerprint density at radius 2 is 1.71 bits per heavy atom. The van der Waals surface area contributed by atoms with Gasteiger partial charge in [0, 0.05) is 39.0 Å². The van der Waals surface area contributed by atoms with Gasteiger partial charge in [-0.1, -0.05) is 30.3 Å². The standard InChI is InChI=1S/C26H37N3O6/c1-34-25(32)17-27-23(30)16-22-8-5-13-29(18-22)24(31)10-9-20-11-14-28(15-12-20)26(33)35-19-21-6-3-2-4-7-21/h2-4,6-7,20,22H,5,8-19H2,1H3,(H,27,30). The zero-order valence-electron chi connectivity index (χ0n) is 20.6. The van der Waals surface area contributed by atoms with Gasteiger partial charge in [-0.2, -0.15) is 0 Å². The molecular weight excluding hydrogens is 450 g/mol. The van der Waals surface area contributed by atoms with Crippen LogP contribution in [0.3, 0.4) is 0 Å². The molecule has 2 aliphatic heterocycles. The van der Waals surface area contributed by atoms with Crippen molar-refractivity contribution in [2.24, 2.45) is 11.8 Å². The second kappa shape index (κ2) is 13.7. The van der Waals surface area contributed by atoms with Crippen molar-refractivity contribution in [3.8, 4) is 0 Å². The summed E-state index contributed by atoms with van der Waals surface area (Å²) >= 11 is 0. The van der Waals surface area contributed by atoms with Gasteiger partial charge in [0.2, 0.25) is 11.8 Å². The van der Waals surface area contributed by atoms with Crippen molar-refractivity contribution < 1.29 is 28.7 Å². The second-order valence-corrected chi connectivity index (χ2v) is 9.41. The lowest BCUT2D eigenvalue weighted by atomic mass is 9.91. The largest absolute Gasteiger partial charge is 0.468 e. The van der Waals surface area contributed by atoms with Crippen LogP contribution in [0.15, 0.2) is 30.3 Å². The lowest BCUT2D eigenvalue weighted by Gasteiger charge is -2.34. The molecule has 0 saturated carbocycles. The molecule has 0 radical (unpaired) electrons. The summed E-state index contributed by atoms with van der Waals surface area (Å²) in [5.41, 5.74) is 0.969. The Morgan fingerprint density at radius 3 is 2.43 bits per heavy atom. The summed E-state index contributed by atoms with van der Waals surface area (Å²) in [5.74, 6) is -0.0101. The average Bonchev–Trinajstić information content (AvgIpc) is 2.90. The smallest absolute Gasteiger partial charge is 0.410 e. The topological polar surface area (TPSA) is 105 Å². The SMILES string of the molecule is COC(=O)CNC(=O)CC1CCCN(C(=O)CCC2CCN(C(=O)OCc3ccccc3)CC2)C1. The van der Waals surface area contributed by atoms with Crippen molar-refractivity contribution in [1.82, 2.24) is 15.1 Å². The molecule has 2 fully saturated rings. The molecule has 9 heteroatoms. The van der Waals surface area contributed by atoms with Crippen molar-refractivity contribution in [2.75, 3.05) is 39.8 Å². The zero-order chi connectivity index (χ0) is 25.0. The first kappa shape index (κ1) is 26.5.